The zero-order valence-electron chi connectivity index (χ0n) is 12.6. The number of rotatable bonds is 9. The third kappa shape index (κ3) is 5.92. The lowest BCUT2D eigenvalue weighted by Gasteiger charge is -2.13. The van der Waals surface area contributed by atoms with Crippen LogP contribution in [0.15, 0.2) is 23.1 Å². The molecule has 0 fully saturated rings. The van der Waals surface area contributed by atoms with E-state index in [0.717, 1.165) is 18.5 Å². The van der Waals surface area contributed by atoms with Gasteiger partial charge in [0.2, 0.25) is 10.0 Å². The van der Waals surface area contributed by atoms with Crippen LogP contribution in [-0.4, -0.2) is 34.7 Å². The van der Waals surface area contributed by atoms with E-state index in [2.05, 4.69) is 17.0 Å². The van der Waals surface area contributed by atoms with E-state index in [1.54, 1.807) is 26.2 Å². The fraction of sp³-hybridized carbons (Fsp3) is 0.571. The van der Waals surface area contributed by atoms with Gasteiger partial charge in [-0.2, -0.15) is 0 Å². The molecular formula is C14H23ClN2O3S. The first-order valence-corrected chi connectivity index (χ1v) is 8.78. The lowest BCUT2D eigenvalue weighted by atomic mass is 10.2. The second-order valence-electron chi connectivity index (χ2n) is 4.83. The van der Waals surface area contributed by atoms with Crippen LogP contribution in [0.1, 0.15) is 25.8 Å². The molecular weight excluding hydrogens is 312 g/mol. The standard InChI is InChI=1S/C14H23ClN2O3S/c1-4-7-16-10-12-8-13(5-6-14(12)15)21(18,19)17-9-11(2)20-3/h5-6,8,11,16-17H,4,7,9-10H2,1-3H3. The Morgan fingerprint density at radius 3 is 2.71 bits per heavy atom. The van der Waals surface area contributed by atoms with Crippen molar-refractivity contribution in [3.8, 4) is 0 Å². The Kier molecular flexibility index (Phi) is 7.62. The molecule has 0 bridgehead atoms. The van der Waals surface area contributed by atoms with Crippen LogP contribution >= 0.6 is 11.6 Å². The van der Waals surface area contributed by atoms with Gasteiger partial charge in [-0.3, -0.25) is 0 Å². The maximum absolute atomic E-state index is 12.2. The summed E-state index contributed by atoms with van der Waals surface area (Å²) in [6.07, 6.45) is 0.823. The molecule has 120 valence electrons. The summed E-state index contributed by atoms with van der Waals surface area (Å²) in [6.45, 7) is 5.49. The van der Waals surface area contributed by atoms with Crippen molar-refractivity contribution in [2.45, 2.75) is 37.8 Å². The molecule has 0 saturated heterocycles. The lowest BCUT2D eigenvalue weighted by molar-refractivity contribution is 0.122. The predicted octanol–water partition coefficient (Wildman–Crippen LogP) is 2.15. The molecule has 5 nitrogen and oxygen atoms in total. The van der Waals surface area contributed by atoms with Gasteiger partial charge in [-0.1, -0.05) is 18.5 Å². The summed E-state index contributed by atoms with van der Waals surface area (Å²) in [5.41, 5.74) is 0.771. The fourth-order valence-corrected chi connectivity index (χ4v) is 3.00. The van der Waals surface area contributed by atoms with Crippen LogP contribution in [0.5, 0.6) is 0 Å². The molecule has 0 spiro atoms. The fourth-order valence-electron chi connectivity index (χ4n) is 1.65. The van der Waals surface area contributed by atoms with Gasteiger partial charge in [-0.15, -0.1) is 0 Å². The second-order valence-corrected chi connectivity index (χ2v) is 7.00. The van der Waals surface area contributed by atoms with E-state index in [9.17, 15) is 8.42 Å². The van der Waals surface area contributed by atoms with Crippen molar-refractivity contribution in [1.29, 1.82) is 0 Å². The number of hydrogen-bond acceptors (Lipinski definition) is 4. The maximum Gasteiger partial charge on any atom is 0.240 e. The SMILES string of the molecule is CCCNCc1cc(S(=O)(=O)NCC(C)OC)ccc1Cl. The first-order chi connectivity index (χ1) is 9.90. The van der Waals surface area contributed by atoms with Crippen molar-refractivity contribution in [3.05, 3.63) is 28.8 Å². The number of methoxy groups -OCH3 is 1. The number of ether oxygens (including phenoxy) is 1. The van der Waals surface area contributed by atoms with Crippen LogP contribution in [0.2, 0.25) is 5.02 Å². The number of nitrogens with one attached hydrogen (secondary N) is 2. The molecule has 0 aliphatic rings. The summed E-state index contributed by atoms with van der Waals surface area (Å²) in [5, 5.41) is 3.77. The van der Waals surface area contributed by atoms with Gasteiger partial charge in [0.1, 0.15) is 0 Å². The minimum atomic E-state index is -3.55. The smallest absolute Gasteiger partial charge is 0.240 e. The van der Waals surface area contributed by atoms with E-state index >= 15 is 0 Å². The monoisotopic (exact) mass is 334 g/mol. The molecule has 0 aliphatic heterocycles. The summed E-state index contributed by atoms with van der Waals surface area (Å²) in [5.74, 6) is 0. The van der Waals surface area contributed by atoms with E-state index < -0.39 is 10.0 Å². The van der Waals surface area contributed by atoms with E-state index in [0.29, 0.717) is 11.6 Å². The normalized spacial score (nSPS) is 13.3. The quantitative estimate of drug-likeness (QED) is 0.679. The summed E-state index contributed by atoms with van der Waals surface area (Å²) in [4.78, 5) is 0.212. The molecule has 2 N–H and O–H groups in total. The highest BCUT2D eigenvalue weighted by molar-refractivity contribution is 7.89. The van der Waals surface area contributed by atoms with Gasteiger partial charge in [-0.05, 0) is 43.7 Å². The van der Waals surface area contributed by atoms with Crippen molar-refractivity contribution in [2.24, 2.45) is 0 Å². The zero-order chi connectivity index (χ0) is 15.9. The summed E-state index contributed by atoms with van der Waals surface area (Å²) in [6, 6.07) is 4.72. The summed E-state index contributed by atoms with van der Waals surface area (Å²) < 4.78 is 32.0. The van der Waals surface area contributed by atoms with Gasteiger partial charge < -0.3 is 10.1 Å². The highest BCUT2D eigenvalue weighted by Crippen LogP contribution is 2.20. The lowest BCUT2D eigenvalue weighted by Crippen LogP contribution is -2.31. The molecule has 0 aliphatic carbocycles. The first-order valence-electron chi connectivity index (χ1n) is 6.92. The van der Waals surface area contributed by atoms with E-state index in [1.165, 1.54) is 6.07 Å². The summed E-state index contributed by atoms with van der Waals surface area (Å²) >= 11 is 6.10. The van der Waals surface area contributed by atoms with Crippen LogP contribution in [0, 0.1) is 0 Å². The van der Waals surface area contributed by atoms with Crippen LogP contribution < -0.4 is 10.0 Å². The highest BCUT2D eigenvalue weighted by atomic mass is 35.5. The maximum atomic E-state index is 12.2. The molecule has 1 atom stereocenters. The van der Waals surface area contributed by atoms with Gasteiger partial charge in [0.05, 0.1) is 11.0 Å². The van der Waals surface area contributed by atoms with E-state index in [1.807, 2.05) is 0 Å². The number of hydrogen-bond donors (Lipinski definition) is 2. The number of benzene rings is 1. The summed E-state index contributed by atoms with van der Waals surface area (Å²) in [7, 11) is -2.01. The Balaban J connectivity index is 2.84. The van der Waals surface area contributed by atoms with E-state index in [4.69, 9.17) is 16.3 Å². The van der Waals surface area contributed by atoms with Crippen LogP contribution in [0.4, 0.5) is 0 Å². The third-order valence-electron chi connectivity index (χ3n) is 3.03. The zero-order valence-corrected chi connectivity index (χ0v) is 14.2. The molecule has 0 aromatic heterocycles. The Morgan fingerprint density at radius 2 is 2.10 bits per heavy atom. The van der Waals surface area contributed by atoms with Gasteiger partial charge in [0.25, 0.3) is 0 Å². The van der Waals surface area contributed by atoms with Crippen molar-refractivity contribution >= 4 is 21.6 Å². The topological polar surface area (TPSA) is 67.4 Å². The molecule has 21 heavy (non-hydrogen) atoms. The van der Waals surface area contributed by atoms with Gasteiger partial charge in [0, 0.05) is 25.2 Å². The van der Waals surface area contributed by atoms with Gasteiger partial charge >= 0.3 is 0 Å². The molecule has 0 saturated carbocycles. The minimum absolute atomic E-state index is 0.183. The minimum Gasteiger partial charge on any atom is -0.380 e. The van der Waals surface area contributed by atoms with Crippen molar-refractivity contribution < 1.29 is 13.2 Å². The largest absolute Gasteiger partial charge is 0.380 e. The Hall–Kier alpha value is -0.660. The highest BCUT2D eigenvalue weighted by Gasteiger charge is 2.16. The molecule has 1 aromatic carbocycles. The van der Waals surface area contributed by atoms with Crippen LogP contribution in [0.3, 0.4) is 0 Å². The van der Waals surface area contributed by atoms with Crippen molar-refractivity contribution in [3.63, 3.8) is 0 Å². The van der Waals surface area contributed by atoms with Crippen molar-refractivity contribution in [2.75, 3.05) is 20.2 Å². The second kappa shape index (κ2) is 8.70. The van der Waals surface area contributed by atoms with Crippen LogP contribution in [-0.2, 0) is 21.3 Å². The average Bonchev–Trinajstić information content (AvgIpc) is 2.46. The Morgan fingerprint density at radius 1 is 1.38 bits per heavy atom. The number of sulfonamides is 1. The van der Waals surface area contributed by atoms with Gasteiger partial charge in [-0.25, -0.2) is 13.1 Å². The van der Waals surface area contributed by atoms with Crippen molar-refractivity contribution in [1.82, 2.24) is 10.0 Å². The molecule has 0 heterocycles. The molecule has 1 unspecified atom stereocenters. The Labute approximate surface area is 132 Å². The number of halogens is 1. The molecule has 1 aromatic rings. The molecule has 1 rings (SSSR count). The Bertz CT molecular complexity index is 549. The third-order valence-corrected chi connectivity index (χ3v) is 4.82. The average molecular weight is 335 g/mol. The van der Waals surface area contributed by atoms with Gasteiger partial charge in [0.15, 0.2) is 0 Å². The molecule has 0 amide bonds. The molecule has 0 radical (unpaired) electrons. The predicted molar refractivity (Wildman–Crippen MR) is 85.1 cm³/mol. The van der Waals surface area contributed by atoms with E-state index in [-0.39, 0.29) is 17.5 Å². The first kappa shape index (κ1) is 18.4. The molecule has 7 heteroatoms. The van der Waals surface area contributed by atoms with Crippen LogP contribution in [0.25, 0.3) is 0 Å².